The number of nitrogens with one attached hydrogen (secondary N) is 1. The lowest BCUT2D eigenvalue weighted by Gasteiger charge is -2.26. The van der Waals surface area contributed by atoms with Gasteiger partial charge >= 0.3 is 0 Å². The molecule has 1 aromatic carbocycles. The molecule has 4 unspecified atom stereocenters. The van der Waals surface area contributed by atoms with Gasteiger partial charge in [-0.3, -0.25) is 11.3 Å². The monoisotopic (exact) mass is 244 g/mol. The van der Waals surface area contributed by atoms with E-state index in [0.29, 0.717) is 6.04 Å². The first-order valence-corrected chi connectivity index (χ1v) is 7.35. The van der Waals surface area contributed by atoms with Crippen LogP contribution in [0.3, 0.4) is 0 Å². The van der Waals surface area contributed by atoms with Crippen LogP contribution in [0.1, 0.15) is 37.7 Å². The number of hydrazine groups is 1. The van der Waals surface area contributed by atoms with Crippen LogP contribution < -0.4 is 11.3 Å². The second-order valence-corrected chi connectivity index (χ2v) is 6.22. The summed E-state index contributed by atoms with van der Waals surface area (Å²) < 4.78 is 0. The van der Waals surface area contributed by atoms with Gasteiger partial charge in [-0.15, -0.1) is 0 Å². The largest absolute Gasteiger partial charge is 0.271 e. The number of benzene rings is 1. The van der Waals surface area contributed by atoms with Crippen molar-refractivity contribution in [3.8, 4) is 0 Å². The summed E-state index contributed by atoms with van der Waals surface area (Å²) in [7, 11) is 0. The summed E-state index contributed by atoms with van der Waals surface area (Å²) in [6, 6.07) is 11.1. The Bertz CT molecular complexity index is 376. The average Bonchev–Trinajstić information content (AvgIpc) is 3.01. The molecule has 2 aliphatic rings. The molecular formula is C16H24N2. The van der Waals surface area contributed by atoms with E-state index in [1.807, 2.05) is 0 Å². The van der Waals surface area contributed by atoms with E-state index in [0.717, 1.165) is 24.2 Å². The standard InChI is InChI=1S/C16H24N2/c17-18-16(10-12-4-2-1-3-5-12)11-15-9-13-6-7-14(15)8-13/h1-5,13-16,18H,6-11,17H2. The zero-order valence-corrected chi connectivity index (χ0v) is 11.0. The van der Waals surface area contributed by atoms with Crippen LogP contribution in [0.4, 0.5) is 0 Å². The molecule has 4 atom stereocenters. The molecule has 0 saturated heterocycles. The quantitative estimate of drug-likeness (QED) is 0.617. The molecule has 0 spiro atoms. The van der Waals surface area contributed by atoms with Crippen LogP contribution in [0.2, 0.25) is 0 Å². The van der Waals surface area contributed by atoms with Crippen molar-refractivity contribution >= 4 is 0 Å². The third-order valence-corrected chi connectivity index (χ3v) is 5.03. The van der Waals surface area contributed by atoms with Crippen molar-refractivity contribution in [3.63, 3.8) is 0 Å². The minimum absolute atomic E-state index is 0.441. The third-order valence-electron chi connectivity index (χ3n) is 5.03. The van der Waals surface area contributed by atoms with E-state index in [4.69, 9.17) is 5.84 Å². The van der Waals surface area contributed by atoms with Crippen LogP contribution in [-0.2, 0) is 6.42 Å². The maximum atomic E-state index is 5.75. The summed E-state index contributed by atoms with van der Waals surface area (Å²) in [6.45, 7) is 0. The van der Waals surface area contributed by atoms with E-state index < -0.39 is 0 Å². The van der Waals surface area contributed by atoms with Gasteiger partial charge in [0.05, 0.1) is 0 Å². The lowest BCUT2D eigenvalue weighted by molar-refractivity contribution is 0.277. The predicted octanol–water partition coefficient (Wildman–Crippen LogP) is 2.89. The molecule has 0 aliphatic heterocycles. The number of rotatable bonds is 5. The summed E-state index contributed by atoms with van der Waals surface area (Å²) in [5.74, 6) is 8.71. The molecule has 3 N–H and O–H groups in total. The Hall–Kier alpha value is -0.860. The van der Waals surface area contributed by atoms with Gasteiger partial charge in [-0.25, -0.2) is 0 Å². The van der Waals surface area contributed by atoms with Crippen LogP contribution >= 0.6 is 0 Å². The molecule has 0 amide bonds. The van der Waals surface area contributed by atoms with Gasteiger partial charge in [0.2, 0.25) is 0 Å². The predicted molar refractivity (Wildman–Crippen MR) is 74.8 cm³/mol. The maximum Gasteiger partial charge on any atom is 0.0253 e. The van der Waals surface area contributed by atoms with Crippen molar-refractivity contribution in [3.05, 3.63) is 35.9 Å². The SMILES string of the molecule is NNC(Cc1ccccc1)CC1CC2CCC1C2. The highest BCUT2D eigenvalue weighted by atomic mass is 15.2. The summed E-state index contributed by atoms with van der Waals surface area (Å²) >= 11 is 0. The number of nitrogens with two attached hydrogens (primary N) is 1. The first-order valence-electron chi connectivity index (χ1n) is 7.35. The summed E-state index contributed by atoms with van der Waals surface area (Å²) in [5, 5.41) is 0. The van der Waals surface area contributed by atoms with Crippen LogP contribution in [0, 0.1) is 17.8 Å². The van der Waals surface area contributed by atoms with E-state index in [-0.39, 0.29) is 0 Å². The molecule has 0 heterocycles. The summed E-state index contributed by atoms with van der Waals surface area (Å²) in [6.07, 6.45) is 8.22. The minimum atomic E-state index is 0.441. The van der Waals surface area contributed by atoms with Gasteiger partial charge in [-0.2, -0.15) is 0 Å². The Morgan fingerprint density at radius 3 is 2.61 bits per heavy atom. The van der Waals surface area contributed by atoms with Crippen LogP contribution in [0.15, 0.2) is 30.3 Å². The van der Waals surface area contributed by atoms with Gasteiger partial charge in [-0.05, 0) is 55.4 Å². The van der Waals surface area contributed by atoms with Gasteiger partial charge in [0, 0.05) is 6.04 Å². The molecule has 3 rings (SSSR count). The Balaban J connectivity index is 1.56. The Morgan fingerprint density at radius 1 is 1.17 bits per heavy atom. The maximum absolute atomic E-state index is 5.75. The van der Waals surface area contributed by atoms with Crippen molar-refractivity contribution in [1.82, 2.24) is 5.43 Å². The van der Waals surface area contributed by atoms with Crippen molar-refractivity contribution in [1.29, 1.82) is 0 Å². The molecule has 2 heteroatoms. The van der Waals surface area contributed by atoms with Crippen molar-refractivity contribution in [2.45, 2.75) is 44.6 Å². The first-order chi connectivity index (χ1) is 8.85. The average molecular weight is 244 g/mol. The van der Waals surface area contributed by atoms with E-state index in [2.05, 4.69) is 35.8 Å². The Kier molecular flexibility index (Phi) is 3.67. The van der Waals surface area contributed by atoms with E-state index in [1.165, 1.54) is 37.7 Å². The highest BCUT2D eigenvalue weighted by Gasteiger charge is 2.39. The number of hydrogen-bond acceptors (Lipinski definition) is 2. The Morgan fingerprint density at radius 2 is 2.00 bits per heavy atom. The number of hydrogen-bond donors (Lipinski definition) is 2. The summed E-state index contributed by atoms with van der Waals surface area (Å²) in [5.41, 5.74) is 4.43. The molecule has 2 fully saturated rings. The zero-order chi connectivity index (χ0) is 12.4. The Labute approximate surface area is 110 Å². The van der Waals surface area contributed by atoms with Gasteiger partial charge in [0.25, 0.3) is 0 Å². The highest BCUT2D eigenvalue weighted by molar-refractivity contribution is 5.16. The molecule has 1 aromatic rings. The minimum Gasteiger partial charge on any atom is -0.271 e. The number of fused-ring (bicyclic) bond motifs is 2. The van der Waals surface area contributed by atoms with Crippen LogP contribution in [-0.4, -0.2) is 6.04 Å². The topological polar surface area (TPSA) is 38.0 Å². The normalized spacial score (nSPS) is 31.7. The second-order valence-electron chi connectivity index (χ2n) is 6.22. The summed E-state index contributed by atoms with van der Waals surface area (Å²) in [4.78, 5) is 0. The molecule has 0 aromatic heterocycles. The second kappa shape index (κ2) is 5.41. The third kappa shape index (κ3) is 2.60. The smallest absolute Gasteiger partial charge is 0.0253 e. The van der Waals surface area contributed by atoms with Crippen molar-refractivity contribution in [2.24, 2.45) is 23.6 Å². The van der Waals surface area contributed by atoms with Crippen molar-refractivity contribution in [2.75, 3.05) is 0 Å². The molecule has 2 saturated carbocycles. The lowest BCUT2D eigenvalue weighted by atomic mass is 9.83. The zero-order valence-electron chi connectivity index (χ0n) is 11.0. The molecule has 2 aliphatic carbocycles. The molecule has 2 nitrogen and oxygen atoms in total. The molecule has 18 heavy (non-hydrogen) atoms. The molecule has 98 valence electrons. The van der Waals surface area contributed by atoms with Gasteiger partial charge in [0.1, 0.15) is 0 Å². The fourth-order valence-corrected chi connectivity index (χ4v) is 4.14. The van der Waals surface area contributed by atoms with E-state index in [1.54, 1.807) is 0 Å². The van der Waals surface area contributed by atoms with Crippen LogP contribution in [0.5, 0.6) is 0 Å². The molecule has 2 bridgehead atoms. The van der Waals surface area contributed by atoms with Gasteiger partial charge in [-0.1, -0.05) is 36.8 Å². The molecular weight excluding hydrogens is 220 g/mol. The highest BCUT2D eigenvalue weighted by Crippen LogP contribution is 2.49. The first kappa shape index (κ1) is 12.2. The van der Waals surface area contributed by atoms with Gasteiger partial charge in [0.15, 0.2) is 0 Å². The lowest BCUT2D eigenvalue weighted by Crippen LogP contribution is -2.39. The van der Waals surface area contributed by atoms with E-state index >= 15 is 0 Å². The van der Waals surface area contributed by atoms with Gasteiger partial charge < -0.3 is 0 Å². The van der Waals surface area contributed by atoms with Crippen molar-refractivity contribution < 1.29 is 0 Å². The van der Waals surface area contributed by atoms with Crippen LogP contribution in [0.25, 0.3) is 0 Å². The fourth-order valence-electron chi connectivity index (χ4n) is 4.14. The van der Waals surface area contributed by atoms with E-state index in [9.17, 15) is 0 Å². The molecule has 0 radical (unpaired) electrons. The fraction of sp³-hybridized carbons (Fsp3) is 0.625.